The molecule has 21 heavy (non-hydrogen) atoms. The van der Waals surface area contributed by atoms with E-state index in [2.05, 4.69) is 10.1 Å². The van der Waals surface area contributed by atoms with Crippen LogP contribution in [0, 0.1) is 17.0 Å². The van der Waals surface area contributed by atoms with Gasteiger partial charge in [-0.1, -0.05) is 11.2 Å². The predicted molar refractivity (Wildman–Crippen MR) is 74.5 cm³/mol. The van der Waals surface area contributed by atoms with Crippen molar-refractivity contribution in [2.75, 3.05) is 13.7 Å². The minimum atomic E-state index is -0.935. The Morgan fingerprint density at radius 3 is 2.86 bits per heavy atom. The Morgan fingerprint density at radius 1 is 1.52 bits per heavy atom. The van der Waals surface area contributed by atoms with Crippen molar-refractivity contribution in [2.24, 2.45) is 5.73 Å². The van der Waals surface area contributed by atoms with Gasteiger partial charge >= 0.3 is 0 Å². The smallest absolute Gasteiger partial charge is 0.282 e. The fourth-order valence-corrected chi connectivity index (χ4v) is 1.91. The first-order chi connectivity index (χ1) is 9.85. The summed E-state index contributed by atoms with van der Waals surface area (Å²) in [5.74, 6) is 0.295. The molecule has 2 rings (SSSR count). The molecule has 0 aliphatic rings. The van der Waals surface area contributed by atoms with Gasteiger partial charge in [-0.3, -0.25) is 10.1 Å². The number of ether oxygens (including phenoxy) is 1. The van der Waals surface area contributed by atoms with Crippen LogP contribution < -0.4 is 5.73 Å². The van der Waals surface area contributed by atoms with Gasteiger partial charge in [-0.05, 0) is 25.5 Å². The van der Waals surface area contributed by atoms with E-state index in [1.807, 2.05) is 6.92 Å². The van der Waals surface area contributed by atoms with Gasteiger partial charge in [-0.25, -0.2) is 0 Å². The van der Waals surface area contributed by atoms with Crippen LogP contribution in [0.1, 0.15) is 18.3 Å². The van der Waals surface area contributed by atoms with Crippen molar-refractivity contribution >= 4 is 5.69 Å². The van der Waals surface area contributed by atoms with E-state index in [0.29, 0.717) is 0 Å². The van der Waals surface area contributed by atoms with Gasteiger partial charge < -0.3 is 15.0 Å². The van der Waals surface area contributed by atoms with E-state index in [1.54, 1.807) is 19.1 Å². The summed E-state index contributed by atoms with van der Waals surface area (Å²) in [7, 11) is 1.51. The Labute approximate surface area is 121 Å². The lowest BCUT2D eigenvalue weighted by Crippen LogP contribution is -2.38. The van der Waals surface area contributed by atoms with Crippen LogP contribution in [0.3, 0.4) is 0 Å². The van der Waals surface area contributed by atoms with Crippen LogP contribution in [0.5, 0.6) is 0 Å². The number of aromatic nitrogens is 2. The molecule has 0 amide bonds. The Bertz CT molecular complexity index is 666. The number of hydrogen-bond acceptors (Lipinski definition) is 7. The second-order valence-corrected chi connectivity index (χ2v) is 5.05. The number of nitro benzene ring substituents is 1. The van der Waals surface area contributed by atoms with E-state index in [9.17, 15) is 10.1 Å². The number of methoxy groups -OCH3 is 1. The van der Waals surface area contributed by atoms with Gasteiger partial charge in [0.1, 0.15) is 11.1 Å². The van der Waals surface area contributed by atoms with Gasteiger partial charge in [0, 0.05) is 13.2 Å². The molecule has 0 bridgehead atoms. The van der Waals surface area contributed by atoms with Crippen LogP contribution in [0.25, 0.3) is 11.5 Å². The third-order valence-corrected chi connectivity index (χ3v) is 2.96. The molecule has 0 radical (unpaired) electrons. The van der Waals surface area contributed by atoms with Crippen LogP contribution in [0.15, 0.2) is 22.7 Å². The van der Waals surface area contributed by atoms with Crippen molar-refractivity contribution in [2.45, 2.75) is 19.4 Å². The topological polar surface area (TPSA) is 117 Å². The summed E-state index contributed by atoms with van der Waals surface area (Å²) in [5, 5.41) is 14.9. The highest BCUT2D eigenvalue weighted by Crippen LogP contribution is 2.30. The largest absolute Gasteiger partial charge is 0.382 e. The second-order valence-electron chi connectivity index (χ2n) is 5.05. The molecule has 0 fully saturated rings. The van der Waals surface area contributed by atoms with E-state index in [-0.39, 0.29) is 29.6 Å². The zero-order valence-corrected chi connectivity index (χ0v) is 12.0. The molecule has 0 saturated carbocycles. The van der Waals surface area contributed by atoms with Crippen LogP contribution in [-0.4, -0.2) is 28.8 Å². The quantitative estimate of drug-likeness (QED) is 0.659. The monoisotopic (exact) mass is 292 g/mol. The third-order valence-electron chi connectivity index (χ3n) is 2.96. The standard InChI is InChI=1S/C13H16N4O4/c1-8-4-5-10(17(18)19)9(6-8)11-15-12(16-21-11)13(2,14)7-20-3/h4-6H,7,14H2,1-3H3. The van der Waals surface area contributed by atoms with Gasteiger partial charge in [0.05, 0.1) is 11.5 Å². The number of nitrogens with zero attached hydrogens (tertiary/aromatic N) is 3. The molecule has 8 heteroatoms. The maximum atomic E-state index is 11.1. The number of hydrogen-bond donors (Lipinski definition) is 1. The zero-order valence-electron chi connectivity index (χ0n) is 12.0. The average molecular weight is 292 g/mol. The predicted octanol–water partition coefficient (Wildman–Crippen LogP) is 1.77. The van der Waals surface area contributed by atoms with Gasteiger partial charge in [0.25, 0.3) is 11.6 Å². The zero-order chi connectivity index (χ0) is 15.6. The van der Waals surface area contributed by atoms with E-state index < -0.39 is 10.5 Å². The molecular formula is C13H16N4O4. The van der Waals surface area contributed by atoms with Crippen molar-refractivity contribution in [3.05, 3.63) is 39.7 Å². The molecule has 1 heterocycles. The fourth-order valence-electron chi connectivity index (χ4n) is 1.91. The summed E-state index contributed by atoms with van der Waals surface area (Å²) in [4.78, 5) is 14.8. The second kappa shape index (κ2) is 5.58. The van der Waals surface area contributed by atoms with Crippen molar-refractivity contribution in [3.8, 4) is 11.5 Å². The van der Waals surface area contributed by atoms with Gasteiger partial charge in [-0.15, -0.1) is 0 Å². The Hall–Kier alpha value is -2.32. The SMILES string of the molecule is COCC(C)(N)c1noc(-c2cc(C)ccc2[N+](=O)[O-])n1. The lowest BCUT2D eigenvalue weighted by Gasteiger charge is -2.18. The first-order valence-electron chi connectivity index (χ1n) is 6.22. The molecule has 1 aromatic carbocycles. The normalized spacial score (nSPS) is 13.9. The molecule has 1 unspecified atom stereocenters. The maximum absolute atomic E-state index is 11.1. The molecule has 0 aliphatic carbocycles. The molecule has 2 N–H and O–H groups in total. The Balaban J connectivity index is 2.47. The molecule has 112 valence electrons. The first kappa shape index (κ1) is 15.1. The summed E-state index contributed by atoms with van der Waals surface area (Å²) in [6.07, 6.45) is 0. The number of rotatable bonds is 5. The average Bonchev–Trinajstić information content (AvgIpc) is 2.88. The number of aryl methyl sites for hydroxylation is 1. The molecule has 8 nitrogen and oxygen atoms in total. The number of nitrogens with two attached hydrogens (primary N) is 1. The molecule has 0 spiro atoms. The Kier molecular flexibility index (Phi) is 4.01. The van der Waals surface area contributed by atoms with Gasteiger partial charge in [0.2, 0.25) is 0 Å². The van der Waals surface area contributed by atoms with Crippen LogP contribution in [0.4, 0.5) is 5.69 Å². The maximum Gasteiger partial charge on any atom is 0.282 e. The molecule has 1 atom stereocenters. The van der Waals surface area contributed by atoms with E-state index in [0.717, 1.165) is 5.56 Å². The van der Waals surface area contributed by atoms with Gasteiger partial charge in [-0.2, -0.15) is 4.98 Å². The van der Waals surface area contributed by atoms with E-state index in [4.69, 9.17) is 15.0 Å². The van der Waals surface area contributed by atoms with Crippen molar-refractivity contribution in [1.82, 2.24) is 10.1 Å². The first-order valence-corrected chi connectivity index (χ1v) is 6.22. The summed E-state index contributed by atoms with van der Waals surface area (Å²) < 4.78 is 10.1. The summed E-state index contributed by atoms with van der Waals surface area (Å²) in [6, 6.07) is 4.68. The minimum absolute atomic E-state index is 0.0631. The van der Waals surface area contributed by atoms with Crippen LogP contribution >= 0.6 is 0 Å². The van der Waals surface area contributed by atoms with Gasteiger partial charge in [0.15, 0.2) is 5.82 Å². The fraction of sp³-hybridized carbons (Fsp3) is 0.385. The van der Waals surface area contributed by atoms with Crippen molar-refractivity contribution in [1.29, 1.82) is 0 Å². The van der Waals surface area contributed by atoms with Crippen molar-refractivity contribution < 1.29 is 14.2 Å². The minimum Gasteiger partial charge on any atom is -0.382 e. The lowest BCUT2D eigenvalue weighted by atomic mass is 10.1. The van der Waals surface area contributed by atoms with E-state index >= 15 is 0 Å². The molecule has 2 aromatic rings. The molecular weight excluding hydrogens is 276 g/mol. The van der Waals surface area contributed by atoms with Crippen LogP contribution in [-0.2, 0) is 10.3 Å². The van der Waals surface area contributed by atoms with E-state index in [1.165, 1.54) is 13.2 Å². The van der Waals surface area contributed by atoms with Crippen molar-refractivity contribution in [3.63, 3.8) is 0 Å². The van der Waals surface area contributed by atoms with Crippen LogP contribution in [0.2, 0.25) is 0 Å². The number of benzene rings is 1. The number of nitro groups is 1. The third kappa shape index (κ3) is 3.06. The summed E-state index contributed by atoms with van der Waals surface area (Å²) >= 11 is 0. The molecule has 0 aliphatic heterocycles. The Morgan fingerprint density at radius 2 is 2.24 bits per heavy atom. The molecule has 0 saturated heterocycles. The molecule has 1 aromatic heterocycles. The highest BCUT2D eigenvalue weighted by molar-refractivity contribution is 5.67. The lowest BCUT2D eigenvalue weighted by molar-refractivity contribution is -0.384. The highest BCUT2D eigenvalue weighted by atomic mass is 16.6. The highest BCUT2D eigenvalue weighted by Gasteiger charge is 2.29. The summed E-state index contributed by atoms with van der Waals surface area (Å²) in [6.45, 7) is 3.71. The summed E-state index contributed by atoms with van der Waals surface area (Å²) in [5.41, 5.74) is 6.11.